The highest BCUT2D eigenvalue weighted by molar-refractivity contribution is 6.62. The van der Waals surface area contributed by atoms with Gasteiger partial charge in [-0.15, -0.1) is 0 Å². The highest BCUT2D eigenvalue weighted by Crippen LogP contribution is 2.39. The standard InChI is InChI=1S/C12H17BN4O7/c1-12(20)8(19)6(3-18)24-11(12)17-2-5(13(21)22)7-9(16-23)14-4-15-10(7)17/h2,4,6,8,11,18-23H,3H2,1H3,(H,14,15,16)/t6?,8?,11?,12-/m1/s1. The van der Waals surface area contributed by atoms with Crippen molar-refractivity contribution in [3.8, 4) is 0 Å². The molecule has 7 N–H and O–H groups in total. The molecular weight excluding hydrogens is 323 g/mol. The van der Waals surface area contributed by atoms with Crippen LogP contribution in [0.1, 0.15) is 13.2 Å². The summed E-state index contributed by atoms with van der Waals surface area (Å²) in [6, 6.07) is 0. The van der Waals surface area contributed by atoms with Gasteiger partial charge in [0.15, 0.2) is 12.0 Å². The zero-order valence-corrected chi connectivity index (χ0v) is 12.6. The lowest BCUT2D eigenvalue weighted by atomic mass is 9.80. The molecule has 1 aliphatic rings. The number of aliphatic hydroxyl groups excluding tert-OH is 2. The first-order valence-electron chi connectivity index (χ1n) is 7.11. The number of nitrogens with zero attached hydrogens (tertiary/aromatic N) is 3. The molecule has 0 aliphatic carbocycles. The molecule has 2 aromatic rings. The Morgan fingerprint density at radius 2 is 2.12 bits per heavy atom. The average molecular weight is 340 g/mol. The minimum atomic E-state index is -1.91. The Labute approximate surface area is 135 Å². The van der Waals surface area contributed by atoms with Crippen molar-refractivity contribution >= 4 is 29.4 Å². The van der Waals surface area contributed by atoms with Gasteiger partial charge >= 0.3 is 7.12 Å². The van der Waals surface area contributed by atoms with Gasteiger partial charge in [-0.25, -0.2) is 9.97 Å². The minimum absolute atomic E-state index is 0.0384. The molecule has 24 heavy (non-hydrogen) atoms. The molecule has 4 atom stereocenters. The zero-order valence-electron chi connectivity index (χ0n) is 12.6. The van der Waals surface area contributed by atoms with E-state index in [-0.39, 0.29) is 22.3 Å². The summed E-state index contributed by atoms with van der Waals surface area (Å²) in [6.07, 6.45) is -1.18. The second-order valence-electron chi connectivity index (χ2n) is 5.78. The number of aromatic nitrogens is 3. The molecule has 0 spiro atoms. The lowest BCUT2D eigenvalue weighted by Crippen LogP contribution is -2.44. The number of anilines is 1. The Morgan fingerprint density at radius 3 is 2.67 bits per heavy atom. The third-order valence-corrected chi connectivity index (χ3v) is 4.21. The molecular formula is C12H17BN4O7. The van der Waals surface area contributed by atoms with Crippen LogP contribution in [0.4, 0.5) is 5.82 Å². The third kappa shape index (κ3) is 2.36. The molecule has 12 heteroatoms. The van der Waals surface area contributed by atoms with Crippen LogP contribution in [0.25, 0.3) is 11.0 Å². The molecule has 0 aromatic carbocycles. The molecule has 2 aromatic heterocycles. The van der Waals surface area contributed by atoms with Gasteiger partial charge in [-0.3, -0.25) is 10.7 Å². The van der Waals surface area contributed by atoms with Gasteiger partial charge in [-0.2, -0.15) is 0 Å². The summed E-state index contributed by atoms with van der Waals surface area (Å²) in [5, 5.41) is 58.4. The molecule has 3 heterocycles. The quantitative estimate of drug-likeness (QED) is 0.223. The van der Waals surface area contributed by atoms with Gasteiger partial charge in [0.2, 0.25) is 0 Å². The van der Waals surface area contributed by atoms with Gasteiger partial charge in [0, 0.05) is 11.7 Å². The van der Waals surface area contributed by atoms with Gasteiger partial charge in [0.1, 0.15) is 29.8 Å². The van der Waals surface area contributed by atoms with E-state index in [9.17, 15) is 30.6 Å². The molecule has 1 aliphatic heterocycles. The SMILES string of the molecule is C[C@@]1(O)C(O)C(CO)OC1n1cc(B(O)O)c2c(NO)ncnc21. The maximum atomic E-state index is 10.6. The van der Waals surface area contributed by atoms with Crippen molar-refractivity contribution in [1.29, 1.82) is 0 Å². The first-order chi connectivity index (χ1) is 11.3. The summed E-state index contributed by atoms with van der Waals surface area (Å²) < 4.78 is 6.79. The molecule has 11 nitrogen and oxygen atoms in total. The normalized spacial score (nSPS) is 30.0. The van der Waals surface area contributed by atoms with E-state index in [0.717, 1.165) is 6.33 Å². The van der Waals surface area contributed by atoms with Crippen molar-refractivity contribution in [2.75, 3.05) is 12.1 Å². The van der Waals surface area contributed by atoms with E-state index >= 15 is 0 Å². The van der Waals surface area contributed by atoms with Crippen LogP contribution in [0, 0.1) is 0 Å². The fourth-order valence-electron chi connectivity index (χ4n) is 2.96. The molecule has 130 valence electrons. The lowest BCUT2D eigenvalue weighted by Gasteiger charge is -2.27. The lowest BCUT2D eigenvalue weighted by molar-refractivity contribution is -0.0947. The van der Waals surface area contributed by atoms with E-state index in [0.29, 0.717) is 0 Å². The van der Waals surface area contributed by atoms with Crippen molar-refractivity contribution in [2.24, 2.45) is 0 Å². The minimum Gasteiger partial charge on any atom is -0.423 e. The molecule has 0 radical (unpaired) electrons. The monoisotopic (exact) mass is 340 g/mol. The van der Waals surface area contributed by atoms with Crippen LogP contribution in [-0.2, 0) is 4.74 Å². The summed E-state index contributed by atoms with van der Waals surface area (Å²) in [6.45, 7) is 0.812. The third-order valence-electron chi connectivity index (χ3n) is 4.21. The number of hydrogen-bond acceptors (Lipinski definition) is 10. The Balaban J connectivity index is 2.21. The molecule has 1 fully saturated rings. The highest BCUT2D eigenvalue weighted by atomic mass is 16.6. The fraction of sp³-hybridized carbons (Fsp3) is 0.500. The molecule has 0 amide bonds. The average Bonchev–Trinajstić information content (AvgIpc) is 3.04. The van der Waals surface area contributed by atoms with E-state index in [1.165, 1.54) is 17.7 Å². The molecule has 3 rings (SSSR count). The first-order valence-corrected chi connectivity index (χ1v) is 7.11. The summed E-state index contributed by atoms with van der Waals surface area (Å²) in [5.41, 5.74) is 0.144. The van der Waals surface area contributed by atoms with Crippen molar-refractivity contribution < 1.29 is 35.3 Å². The largest absolute Gasteiger partial charge is 0.490 e. The van der Waals surface area contributed by atoms with Crippen LogP contribution in [-0.4, -0.2) is 76.6 Å². The van der Waals surface area contributed by atoms with Crippen molar-refractivity contribution in [2.45, 2.75) is 31.0 Å². The smallest absolute Gasteiger partial charge is 0.423 e. The van der Waals surface area contributed by atoms with E-state index in [1.807, 2.05) is 5.48 Å². The van der Waals surface area contributed by atoms with E-state index in [1.54, 1.807) is 0 Å². The summed E-state index contributed by atoms with van der Waals surface area (Å²) >= 11 is 0. The highest BCUT2D eigenvalue weighted by Gasteiger charge is 2.53. The second kappa shape index (κ2) is 5.93. The van der Waals surface area contributed by atoms with E-state index in [4.69, 9.17) is 4.74 Å². The van der Waals surface area contributed by atoms with Gasteiger partial charge in [0.05, 0.1) is 12.0 Å². The maximum absolute atomic E-state index is 10.6. The molecule has 3 unspecified atom stereocenters. The van der Waals surface area contributed by atoms with Crippen LogP contribution < -0.4 is 10.9 Å². The summed E-state index contributed by atoms with van der Waals surface area (Å²) in [7, 11) is -1.91. The Hall–Kier alpha value is -1.80. The number of fused-ring (bicyclic) bond motifs is 1. The van der Waals surface area contributed by atoms with Crippen LogP contribution in [0.2, 0.25) is 0 Å². The second-order valence-corrected chi connectivity index (χ2v) is 5.78. The number of nitrogens with one attached hydrogen (secondary N) is 1. The van der Waals surface area contributed by atoms with Crippen LogP contribution in [0.3, 0.4) is 0 Å². The van der Waals surface area contributed by atoms with E-state index in [2.05, 4.69) is 9.97 Å². The predicted octanol–water partition coefficient (Wildman–Crippen LogP) is -3.09. The summed E-state index contributed by atoms with van der Waals surface area (Å²) in [5.74, 6) is -0.0706. The van der Waals surface area contributed by atoms with Crippen LogP contribution in [0.5, 0.6) is 0 Å². The van der Waals surface area contributed by atoms with Crippen molar-refractivity contribution in [3.63, 3.8) is 0 Å². The van der Waals surface area contributed by atoms with Crippen LogP contribution >= 0.6 is 0 Å². The van der Waals surface area contributed by atoms with Gasteiger partial charge in [0.25, 0.3) is 0 Å². The van der Waals surface area contributed by atoms with Gasteiger partial charge in [-0.05, 0) is 6.92 Å². The predicted molar refractivity (Wildman–Crippen MR) is 80.4 cm³/mol. The summed E-state index contributed by atoms with van der Waals surface area (Å²) in [4.78, 5) is 7.81. The zero-order chi connectivity index (χ0) is 17.6. The first kappa shape index (κ1) is 17.0. The molecule has 1 saturated heterocycles. The molecule has 0 bridgehead atoms. The van der Waals surface area contributed by atoms with Gasteiger partial charge in [-0.1, -0.05) is 0 Å². The molecule has 0 saturated carbocycles. The number of hydrogen-bond donors (Lipinski definition) is 7. The Bertz CT molecular complexity index is 752. The van der Waals surface area contributed by atoms with Crippen molar-refractivity contribution in [3.05, 3.63) is 12.5 Å². The number of aliphatic hydroxyl groups is 3. The maximum Gasteiger partial charge on any atom is 0.490 e. The van der Waals surface area contributed by atoms with Gasteiger partial charge < -0.3 is 34.7 Å². The number of rotatable bonds is 4. The number of ether oxygens (including phenoxy) is 1. The Morgan fingerprint density at radius 1 is 1.42 bits per heavy atom. The Kier molecular flexibility index (Phi) is 4.21. The van der Waals surface area contributed by atoms with Crippen LogP contribution in [0.15, 0.2) is 12.5 Å². The van der Waals surface area contributed by atoms with Crippen molar-refractivity contribution in [1.82, 2.24) is 14.5 Å². The topological polar surface area (TPSA) is 173 Å². The van der Waals surface area contributed by atoms with E-state index < -0.39 is 37.8 Å². The fourth-order valence-corrected chi connectivity index (χ4v) is 2.96.